The molecule has 1 heterocycles. The van der Waals surface area contributed by atoms with Gasteiger partial charge in [0, 0.05) is 29.3 Å². The summed E-state index contributed by atoms with van der Waals surface area (Å²) in [6, 6.07) is 11.7. The summed E-state index contributed by atoms with van der Waals surface area (Å²) in [6.45, 7) is 3.11. The maximum absolute atomic E-state index is 11.7. The van der Waals surface area contributed by atoms with E-state index in [-0.39, 0.29) is 5.91 Å². The van der Waals surface area contributed by atoms with Gasteiger partial charge in [-0.15, -0.1) is 0 Å². The lowest BCUT2D eigenvalue weighted by atomic mass is 10.2. The van der Waals surface area contributed by atoms with Crippen molar-refractivity contribution >= 4 is 27.5 Å². The van der Waals surface area contributed by atoms with Gasteiger partial charge in [0.05, 0.1) is 12.2 Å². The van der Waals surface area contributed by atoms with Crippen molar-refractivity contribution in [1.82, 2.24) is 10.3 Å². The smallest absolute Gasteiger partial charge is 0.222 e. The first kappa shape index (κ1) is 15.5. The highest BCUT2D eigenvalue weighted by Gasteiger charge is 2.02. The van der Waals surface area contributed by atoms with Crippen molar-refractivity contribution in [3.8, 4) is 0 Å². The van der Waals surface area contributed by atoms with Crippen LogP contribution in [0.25, 0.3) is 0 Å². The minimum Gasteiger partial charge on any atom is -0.385 e. The van der Waals surface area contributed by atoms with Crippen molar-refractivity contribution in [2.24, 2.45) is 0 Å². The summed E-state index contributed by atoms with van der Waals surface area (Å²) in [6.07, 6.45) is 2.15. The molecule has 0 radical (unpaired) electrons. The molecule has 1 aromatic heterocycles. The van der Waals surface area contributed by atoms with Gasteiger partial charge in [0.15, 0.2) is 0 Å². The molecule has 0 aliphatic heterocycles. The second kappa shape index (κ2) is 7.78. The third kappa shape index (κ3) is 5.19. The number of amides is 1. The summed E-state index contributed by atoms with van der Waals surface area (Å²) in [5, 5.41) is 6.10. The number of carbonyl (C=O) groups excluding carboxylic acids is 1. The highest BCUT2D eigenvalue weighted by atomic mass is 79.9. The van der Waals surface area contributed by atoms with Crippen molar-refractivity contribution in [3.05, 3.63) is 58.3 Å². The summed E-state index contributed by atoms with van der Waals surface area (Å²) < 4.78 is 1.08. The fraction of sp³-hybridized carbons (Fsp3) is 0.250. The van der Waals surface area contributed by atoms with Crippen LogP contribution in [0.4, 0.5) is 5.69 Å². The predicted molar refractivity (Wildman–Crippen MR) is 88.1 cm³/mol. The van der Waals surface area contributed by atoms with Crippen LogP contribution in [0, 0.1) is 6.92 Å². The van der Waals surface area contributed by atoms with Gasteiger partial charge in [0.25, 0.3) is 0 Å². The SMILES string of the molecule is Cc1cc(NCCC(=O)NCc2ccccn2)ccc1Br. The van der Waals surface area contributed by atoms with Crippen LogP contribution in [-0.4, -0.2) is 17.4 Å². The predicted octanol–water partition coefficient (Wildman–Crippen LogP) is 3.27. The van der Waals surface area contributed by atoms with Crippen molar-refractivity contribution in [3.63, 3.8) is 0 Å². The molecule has 1 amide bonds. The molecule has 5 heteroatoms. The lowest BCUT2D eigenvalue weighted by Crippen LogP contribution is -2.25. The van der Waals surface area contributed by atoms with E-state index >= 15 is 0 Å². The number of pyridine rings is 1. The van der Waals surface area contributed by atoms with Crippen LogP contribution < -0.4 is 10.6 Å². The number of benzene rings is 1. The molecule has 4 nitrogen and oxygen atoms in total. The van der Waals surface area contributed by atoms with E-state index in [9.17, 15) is 4.79 Å². The van der Waals surface area contributed by atoms with Gasteiger partial charge in [-0.1, -0.05) is 22.0 Å². The molecule has 110 valence electrons. The number of aryl methyl sites for hydroxylation is 1. The number of carbonyl (C=O) groups is 1. The normalized spacial score (nSPS) is 10.2. The second-order valence-corrected chi connectivity index (χ2v) is 5.59. The van der Waals surface area contributed by atoms with Gasteiger partial charge in [-0.25, -0.2) is 0 Å². The third-order valence-electron chi connectivity index (χ3n) is 3.03. The van der Waals surface area contributed by atoms with Crippen molar-refractivity contribution in [1.29, 1.82) is 0 Å². The molecule has 2 N–H and O–H groups in total. The largest absolute Gasteiger partial charge is 0.385 e. The topological polar surface area (TPSA) is 54.0 Å². The minimum atomic E-state index is 0.0157. The number of rotatable bonds is 6. The number of hydrogen-bond donors (Lipinski definition) is 2. The zero-order valence-electron chi connectivity index (χ0n) is 11.9. The van der Waals surface area contributed by atoms with Crippen LogP contribution in [0.1, 0.15) is 17.7 Å². The molecule has 0 saturated carbocycles. The lowest BCUT2D eigenvalue weighted by Gasteiger charge is -2.08. The molecule has 0 aliphatic rings. The number of anilines is 1. The minimum absolute atomic E-state index is 0.0157. The highest BCUT2D eigenvalue weighted by Crippen LogP contribution is 2.19. The fourth-order valence-corrected chi connectivity index (χ4v) is 2.10. The Hall–Kier alpha value is -1.88. The molecule has 2 aromatic rings. The van der Waals surface area contributed by atoms with E-state index in [1.807, 2.05) is 37.3 Å². The number of aromatic nitrogens is 1. The van der Waals surface area contributed by atoms with Gasteiger partial charge < -0.3 is 10.6 Å². The van der Waals surface area contributed by atoms with Gasteiger partial charge in [0.1, 0.15) is 0 Å². The number of nitrogens with one attached hydrogen (secondary N) is 2. The first-order chi connectivity index (χ1) is 10.1. The molecule has 0 spiro atoms. The number of nitrogens with zero attached hydrogens (tertiary/aromatic N) is 1. The summed E-state index contributed by atoms with van der Waals surface area (Å²) in [7, 11) is 0. The van der Waals surface area contributed by atoms with Crippen LogP contribution in [-0.2, 0) is 11.3 Å². The Morgan fingerprint density at radius 3 is 2.86 bits per heavy atom. The molecule has 0 aliphatic carbocycles. The molecule has 0 saturated heterocycles. The van der Waals surface area contributed by atoms with E-state index in [0.717, 1.165) is 15.9 Å². The molecule has 21 heavy (non-hydrogen) atoms. The van der Waals surface area contributed by atoms with Crippen molar-refractivity contribution in [2.45, 2.75) is 19.9 Å². The van der Waals surface area contributed by atoms with E-state index in [1.54, 1.807) is 6.20 Å². The molecule has 0 fully saturated rings. The molecular formula is C16H18BrN3O. The Morgan fingerprint density at radius 1 is 1.29 bits per heavy atom. The summed E-state index contributed by atoms with van der Waals surface area (Å²) in [4.78, 5) is 15.9. The number of halogens is 1. The Balaban J connectivity index is 1.70. The average Bonchev–Trinajstić information content (AvgIpc) is 2.50. The maximum Gasteiger partial charge on any atom is 0.222 e. The van der Waals surface area contributed by atoms with Crippen LogP contribution in [0.3, 0.4) is 0 Å². The van der Waals surface area contributed by atoms with E-state index in [4.69, 9.17) is 0 Å². The Morgan fingerprint density at radius 2 is 2.14 bits per heavy atom. The Labute approximate surface area is 133 Å². The standard InChI is InChI=1S/C16H18BrN3O/c1-12-10-13(5-6-15(12)17)19-9-7-16(21)20-11-14-4-2-3-8-18-14/h2-6,8,10,19H,7,9,11H2,1H3,(H,20,21). The molecule has 0 atom stereocenters. The van der Waals surface area contributed by atoms with E-state index < -0.39 is 0 Å². The van der Waals surface area contributed by atoms with Gasteiger partial charge >= 0.3 is 0 Å². The van der Waals surface area contributed by atoms with E-state index in [2.05, 4.69) is 37.6 Å². The van der Waals surface area contributed by atoms with Crippen LogP contribution >= 0.6 is 15.9 Å². The number of hydrogen-bond acceptors (Lipinski definition) is 3. The average molecular weight is 348 g/mol. The summed E-state index contributed by atoms with van der Waals surface area (Å²) in [5.41, 5.74) is 3.05. The van der Waals surface area contributed by atoms with Crippen LogP contribution in [0.2, 0.25) is 0 Å². The summed E-state index contributed by atoms with van der Waals surface area (Å²) in [5.74, 6) is 0.0157. The first-order valence-corrected chi connectivity index (χ1v) is 7.61. The van der Waals surface area contributed by atoms with Crippen LogP contribution in [0.15, 0.2) is 47.1 Å². The fourth-order valence-electron chi connectivity index (χ4n) is 1.86. The van der Waals surface area contributed by atoms with Gasteiger partial charge in [-0.05, 0) is 42.8 Å². The van der Waals surface area contributed by atoms with Gasteiger partial charge in [-0.3, -0.25) is 9.78 Å². The molecule has 0 bridgehead atoms. The Bertz CT molecular complexity index is 602. The molecule has 2 rings (SSSR count). The zero-order valence-corrected chi connectivity index (χ0v) is 13.5. The van der Waals surface area contributed by atoms with Gasteiger partial charge in [-0.2, -0.15) is 0 Å². The maximum atomic E-state index is 11.7. The third-order valence-corrected chi connectivity index (χ3v) is 3.92. The van der Waals surface area contributed by atoms with Crippen molar-refractivity contribution in [2.75, 3.05) is 11.9 Å². The zero-order chi connectivity index (χ0) is 15.1. The molecule has 1 aromatic carbocycles. The van der Waals surface area contributed by atoms with Crippen molar-refractivity contribution < 1.29 is 4.79 Å². The lowest BCUT2D eigenvalue weighted by molar-refractivity contribution is -0.121. The first-order valence-electron chi connectivity index (χ1n) is 6.82. The highest BCUT2D eigenvalue weighted by molar-refractivity contribution is 9.10. The molecular weight excluding hydrogens is 330 g/mol. The monoisotopic (exact) mass is 347 g/mol. The van der Waals surface area contributed by atoms with E-state index in [1.165, 1.54) is 5.56 Å². The van der Waals surface area contributed by atoms with E-state index in [0.29, 0.717) is 19.5 Å². The second-order valence-electron chi connectivity index (χ2n) is 4.74. The molecule has 0 unspecified atom stereocenters. The Kier molecular flexibility index (Phi) is 5.75. The van der Waals surface area contributed by atoms with Gasteiger partial charge in [0.2, 0.25) is 5.91 Å². The quantitative estimate of drug-likeness (QED) is 0.843. The summed E-state index contributed by atoms with van der Waals surface area (Å²) >= 11 is 3.47. The van der Waals surface area contributed by atoms with Crippen LogP contribution in [0.5, 0.6) is 0 Å².